The molecule has 1 N–H and O–H groups in total. The van der Waals surface area contributed by atoms with E-state index in [0.717, 1.165) is 17.5 Å². The molecule has 1 aliphatic heterocycles. The minimum atomic E-state index is -3.15. The molecule has 0 aliphatic carbocycles. The van der Waals surface area contributed by atoms with Crippen LogP contribution in [0.5, 0.6) is 0 Å². The van der Waals surface area contributed by atoms with E-state index in [2.05, 4.69) is 10.3 Å². The average molecular weight is 316 g/mol. The lowest BCUT2D eigenvalue weighted by molar-refractivity contribution is -0.115. The summed E-state index contributed by atoms with van der Waals surface area (Å²) in [5.41, 5.74) is 1.62. The predicted octanol–water partition coefficient (Wildman–Crippen LogP) is 1.98. The summed E-state index contributed by atoms with van der Waals surface area (Å²) in [6.07, 6.45) is 3.19. The third kappa shape index (κ3) is 3.17. The summed E-state index contributed by atoms with van der Waals surface area (Å²) >= 11 is 0. The van der Waals surface area contributed by atoms with Gasteiger partial charge in [0.2, 0.25) is 5.91 Å². The Kier molecular flexibility index (Phi) is 3.94. The zero-order valence-corrected chi connectivity index (χ0v) is 12.8. The van der Waals surface area contributed by atoms with E-state index in [1.54, 1.807) is 36.5 Å². The zero-order valence-electron chi connectivity index (χ0n) is 12.0. The fourth-order valence-electron chi connectivity index (χ4n) is 2.61. The van der Waals surface area contributed by atoms with Crippen molar-refractivity contribution in [1.29, 1.82) is 0 Å². The highest BCUT2D eigenvalue weighted by atomic mass is 32.2. The van der Waals surface area contributed by atoms with Crippen LogP contribution in [-0.2, 0) is 27.5 Å². The molecule has 0 bridgehead atoms. The van der Waals surface area contributed by atoms with E-state index >= 15 is 0 Å². The van der Waals surface area contributed by atoms with E-state index in [0.29, 0.717) is 17.1 Å². The normalized spacial score (nSPS) is 15.8. The van der Waals surface area contributed by atoms with Crippen LogP contribution in [0.1, 0.15) is 17.5 Å². The summed E-state index contributed by atoms with van der Waals surface area (Å²) < 4.78 is 23.9. The van der Waals surface area contributed by atoms with Crippen LogP contribution in [0.25, 0.3) is 0 Å². The van der Waals surface area contributed by atoms with Crippen LogP contribution < -0.4 is 5.32 Å². The van der Waals surface area contributed by atoms with Crippen molar-refractivity contribution < 1.29 is 13.2 Å². The number of aromatic nitrogens is 1. The van der Waals surface area contributed by atoms with Crippen LogP contribution in [0, 0.1) is 0 Å². The van der Waals surface area contributed by atoms with Crippen molar-refractivity contribution in [2.75, 3.05) is 11.1 Å². The molecule has 0 unspecified atom stereocenters. The number of benzene rings is 1. The Bertz CT molecular complexity index is 801. The van der Waals surface area contributed by atoms with Gasteiger partial charge >= 0.3 is 0 Å². The maximum atomic E-state index is 12.0. The fourth-order valence-corrected chi connectivity index (χ4v) is 4.19. The summed E-state index contributed by atoms with van der Waals surface area (Å²) in [5.74, 6) is 0.546. The van der Waals surface area contributed by atoms with E-state index in [4.69, 9.17) is 0 Å². The van der Waals surface area contributed by atoms with E-state index in [1.807, 2.05) is 6.07 Å². The topological polar surface area (TPSA) is 76.1 Å². The highest BCUT2D eigenvalue weighted by Gasteiger charge is 2.23. The number of aryl methyl sites for hydroxylation is 1. The number of amides is 1. The molecule has 1 aliphatic rings. The van der Waals surface area contributed by atoms with Crippen LogP contribution in [0.3, 0.4) is 0 Å². The maximum Gasteiger partial charge on any atom is 0.229 e. The first-order valence-corrected chi connectivity index (χ1v) is 8.75. The fraction of sp³-hybridized carbons (Fsp3) is 0.250. The van der Waals surface area contributed by atoms with Crippen molar-refractivity contribution in [2.45, 2.75) is 24.2 Å². The van der Waals surface area contributed by atoms with Gasteiger partial charge in [0, 0.05) is 6.20 Å². The summed E-state index contributed by atoms with van der Waals surface area (Å²) in [4.78, 5) is 16.5. The molecule has 6 heteroatoms. The van der Waals surface area contributed by atoms with E-state index in [9.17, 15) is 13.2 Å². The molecule has 1 aromatic carbocycles. The first-order chi connectivity index (χ1) is 10.5. The number of carbonyl (C=O) groups is 1. The van der Waals surface area contributed by atoms with Crippen molar-refractivity contribution in [2.24, 2.45) is 0 Å². The van der Waals surface area contributed by atoms with Crippen LogP contribution in [0.4, 0.5) is 5.82 Å². The molecule has 114 valence electrons. The molecule has 3 rings (SSSR count). The first kappa shape index (κ1) is 14.7. The van der Waals surface area contributed by atoms with Gasteiger partial charge < -0.3 is 5.32 Å². The van der Waals surface area contributed by atoms with Crippen LogP contribution >= 0.6 is 0 Å². The van der Waals surface area contributed by atoms with E-state index in [1.165, 1.54) is 0 Å². The number of anilines is 1. The zero-order chi connectivity index (χ0) is 15.6. The number of carbonyl (C=O) groups excluding carboxylic acids is 1. The number of hydrogen-bond donors (Lipinski definition) is 1. The monoisotopic (exact) mass is 316 g/mol. The molecule has 0 saturated carbocycles. The molecule has 5 nitrogen and oxygen atoms in total. The van der Waals surface area contributed by atoms with Gasteiger partial charge in [0.15, 0.2) is 9.84 Å². The highest BCUT2D eigenvalue weighted by Crippen LogP contribution is 2.26. The Balaban J connectivity index is 1.75. The van der Waals surface area contributed by atoms with Crippen LogP contribution in [0.2, 0.25) is 0 Å². The summed E-state index contributed by atoms with van der Waals surface area (Å²) in [5, 5.41) is 2.72. The lowest BCUT2D eigenvalue weighted by Gasteiger charge is -2.17. The van der Waals surface area contributed by atoms with Crippen LogP contribution in [-0.4, -0.2) is 25.1 Å². The van der Waals surface area contributed by atoms with Crippen molar-refractivity contribution in [3.63, 3.8) is 0 Å². The minimum absolute atomic E-state index is 0.169. The Morgan fingerprint density at radius 1 is 1.23 bits per heavy atom. The molecule has 2 aromatic rings. The third-order valence-electron chi connectivity index (χ3n) is 3.62. The SMILES string of the molecule is O=C(Cc1ccc2c(c1)CCCS2(=O)=O)Nc1ccccn1. The molecule has 0 fully saturated rings. The summed E-state index contributed by atoms with van der Waals surface area (Å²) in [7, 11) is -3.15. The van der Waals surface area contributed by atoms with Gasteiger partial charge in [-0.05, 0) is 42.2 Å². The molecule has 0 spiro atoms. The number of nitrogens with one attached hydrogen (secondary N) is 1. The molecule has 0 atom stereocenters. The Hall–Kier alpha value is -2.21. The Morgan fingerprint density at radius 3 is 2.86 bits per heavy atom. The molecule has 0 saturated heterocycles. The van der Waals surface area contributed by atoms with E-state index < -0.39 is 9.84 Å². The second-order valence-electron chi connectivity index (χ2n) is 5.30. The number of pyridine rings is 1. The van der Waals surface area contributed by atoms with Gasteiger partial charge in [-0.25, -0.2) is 13.4 Å². The van der Waals surface area contributed by atoms with Gasteiger partial charge in [0.05, 0.1) is 17.1 Å². The van der Waals surface area contributed by atoms with Crippen LogP contribution in [0.15, 0.2) is 47.5 Å². The number of fused-ring (bicyclic) bond motifs is 1. The van der Waals surface area contributed by atoms with Gasteiger partial charge in [-0.1, -0.05) is 18.2 Å². The third-order valence-corrected chi connectivity index (χ3v) is 5.51. The molecule has 22 heavy (non-hydrogen) atoms. The van der Waals surface area contributed by atoms with Gasteiger partial charge in [0.1, 0.15) is 5.82 Å². The lowest BCUT2D eigenvalue weighted by atomic mass is 10.0. The van der Waals surface area contributed by atoms with Crippen molar-refractivity contribution in [3.8, 4) is 0 Å². The molecule has 1 amide bonds. The summed E-state index contributed by atoms with van der Waals surface area (Å²) in [6, 6.07) is 10.4. The number of nitrogens with zero attached hydrogens (tertiary/aromatic N) is 1. The molecular weight excluding hydrogens is 300 g/mol. The maximum absolute atomic E-state index is 12.0. The Labute approximate surface area is 129 Å². The average Bonchev–Trinajstić information content (AvgIpc) is 2.47. The number of rotatable bonds is 3. The van der Waals surface area contributed by atoms with Gasteiger partial charge in [-0.3, -0.25) is 4.79 Å². The molecule has 0 radical (unpaired) electrons. The minimum Gasteiger partial charge on any atom is -0.310 e. The van der Waals surface area contributed by atoms with Gasteiger partial charge in [0.25, 0.3) is 0 Å². The number of sulfone groups is 1. The second kappa shape index (κ2) is 5.88. The largest absolute Gasteiger partial charge is 0.310 e. The second-order valence-corrected chi connectivity index (χ2v) is 7.38. The predicted molar refractivity (Wildman–Crippen MR) is 83.4 cm³/mol. The van der Waals surface area contributed by atoms with E-state index in [-0.39, 0.29) is 18.1 Å². The highest BCUT2D eigenvalue weighted by molar-refractivity contribution is 7.91. The molecule has 1 aromatic heterocycles. The molecular formula is C16H16N2O3S. The first-order valence-electron chi connectivity index (χ1n) is 7.10. The van der Waals surface area contributed by atoms with Crippen molar-refractivity contribution >= 4 is 21.6 Å². The smallest absolute Gasteiger partial charge is 0.229 e. The Morgan fingerprint density at radius 2 is 2.09 bits per heavy atom. The quantitative estimate of drug-likeness (QED) is 0.939. The number of hydrogen-bond acceptors (Lipinski definition) is 4. The van der Waals surface area contributed by atoms with Gasteiger partial charge in [-0.2, -0.15) is 0 Å². The lowest BCUT2D eigenvalue weighted by Crippen LogP contribution is -2.18. The molecule has 2 heterocycles. The summed E-state index contributed by atoms with van der Waals surface area (Å²) in [6.45, 7) is 0. The standard InChI is InChI=1S/C16H16N2O3S/c19-16(18-15-5-1-2-8-17-15)11-12-6-7-14-13(10-12)4-3-9-22(14,20)21/h1-2,5-8,10H,3-4,9,11H2,(H,17,18,19). The van der Waals surface area contributed by atoms with Crippen molar-refractivity contribution in [3.05, 3.63) is 53.7 Å². The van der Waals surface area contributed by atoms with Gasteiger partial charge in [-0.15, -0.1) is 0 Å². The van der Waals surface area contributed by atoms with Crippen molar-refractivity contribution in [1.82, 2.24) is 4.98 Å².